The second-order valence-electron chi connectivity index (χ2n) is 8.51. The molecule has 2 aromatic heterocycles. The van der Waals surface area contributed by atoms with Crippen LogP contribution in [0.4, 0.5) is 5.69 Å². The zero-order chi connectivity index (χ0) is 19.7. The summed E-state index contributed by atoms with van der Waals surface area (Å²) < 4.78 is 14.7. The molecule has 1 saturated heterocycles. The van der Waals surface area contributed by atoms with E-state index in [9.17, 15) is 5.26 Å². The number of anilines is 1. The zero-order valence-corrected chi connectivity index (χ0v) is 17.0. The van der Waals surface area contributed by atoms with Gasteiger partial charge in [0.05, 0.1) is 29.5 Å². The van der Waals surface area contributed by atoms with Gasteiger partial charge in [-0.05, 0) is 33.6 Å². The number of pyridine rings is 1. The first-order chi connectivity index (χ1) is 13.4. The van der Waals surface area contributed by atoms with Crippen LogP contribution < -0.4 is 5.32 Å². The van der Waals surface area contributed by atoms with Crippen LogP contribution in [0.3, 0.4) is 0 Å². The summed E-state index contributed by atoms with van der Waals surface area (Å²) in [7, 11) is 0. The van der Waals surface area contributed by atoms with Gasteiger partial charge in [0.25, 0.3) is 0 Å². The van der Waals surface area contributed by atoms with Crippen molar-refractivity contribution in [3.05, 3.63) is 17.5 Å². The van der Waals surface area contributed by atoms with Crippen LogP contribution in [0.2, 0.25) is 5.15 Å². The monoisotopic (exact) mass is 401 g/mol. The lowest BCUT2D eigenvalue weighted by molar-refractivity contribution is -0.169. The van der Waals surface area contributed by atoms with Gasteiger partial charge in [-0.15, -0.1) is 0 Å². The van der Waals surface area contributed by atoms with E-state index in [2.05, 4.69) is 25.9 Å². The van der Waals surface area contributed by atoms with E-state index in [1.807, 2.05) is 27.1 Å². The number of halogens is 1. The molecule has 2 aliphatic carbocycles. The number of nitrogens with one attached hydrogen (secondary N) is 1. The van der Waals surface area contributed by atoms with E-state index in [1.165, 1.54) is 0 Å². The van der Waals surface area contributed by atoms with Gasteiger partial charge in [-0.1, -0.05) is 18.0 Å². The molecule has 3 heterocycles. The van der Waals surface area contributed by atoms with Crippen molar-refractivity contribution in [1.82, 2.24) is 14.5 Å². The second kappa shape index (κ2) is 6.06. The van der Waals surface area contributed by atoms with Crippen LogP contribution in [0.5, 0.6) is 0 Å². The Morgan fingerprint density at radius 3 is 3.00 bits per heavy atom. The predicted octanol–water partition coefficient (Wildman–Crippen LogP) is 3.90. The molecule has 1 N–H and O–H groups in total. The molecule has 0 aromatic carbocycles. The maximum atomic E-state index is 10.2. The number of imidazole rings is 1. The van der Waals surface area contributed by atoms with Crippen molar-refractivity contribution in [2.45, 2.75) is 64.1 Å². The van der Waals surface area contributed by atoms with E-state index in [-0.39, 0.29) is 24.2 Å². The molecule has 7 nitrogen and oxygen atoms in total. The first-order valence-corrected chi connectivity index (χ1v) is 10.3. The molecule has 3 fully saturated rings. The van der Waals surface area contributed by atoms with Crippen LogP contribution in [0.1, 0.15) is 46.1 Å². The number of ether oxygens (including phenoxy) is 2. The number of nitrogens with zero attached hydrogens (tertiary/aromatic N) is 4. The highest BCUT2D eigenvalue weighted by Crippen LogP contribution is 2.63. The highest BCUT2D eigenvalue weighted by Gasteiger charge is 2.69. The third-order valence-corrected chi connectivity index (χ3v) is 6.74. The SMILES string of the molecule is CCNc1cc(Cl)nc2c1ncn2[C@H]1[C@@H]2OC(C)(C)O[C@@H]2[C@]2(C#N)CCC[C@H]12. The molecule has 0 bridgehead atoms. The fourth-order valence-electron chi connectivity index (χ4n) is 5.63. The van der Waals surface area contributed by atoms with Crippen LogP contribution >= 0.6 is 11.6 Å². The molecular formula is C20H24ClN5O2. The zero-order valence-electron chi connectivity index (χ0n) is 16.3. The first-order valence-electron chi connectivity index (χ1n) is 9.94. The molecule has 5 atom stereocenters. The van der Waals surface area contributed by atoms with E-state index in [1.54, 1.807) is 6.07 Å². The first kappa shape index (κ1) is 18.2. The number of hydrogen-bond acceptors (Lipinski definition) is 6. The van der Waals surface area contributed by atoms with E-state index >= 15 is 0 Å². The van der Waals surface area contributed by atoms with Crippen molar-refractivity contribution < 1.29 is 9.47 Å². The molecule has 8 heteroatoms. The normalized spacial score (nSPS) is 35.7. The van der Waals surface area contributed by atoms with Gasteiger partial charge in [-0.25, -0.2) is 9.97 Å². The third-order valence-electron chi connectivity index (χ3n) is 6.55. The highest BCUT2D eigenvalue weighted by molar-refractivity contribution is 6.30. The molecular weight excluding hydrogens is 378 g/mol. The largest absolute Gasteiger partial charge is 0.383 e. The Morgan fingerprint density at radius 1 is 1.43 bits per heavy atom. The minimum Gasteiger partial charge on any atom is -0.383 e. The van der Waals surface area contributed by atoms with Crippen molar-refractivity contribution in [1.29, 1.82) is 5.26 Å². The summed E-state index contributed by atoms with van der Waals surface area (Å²) in [6.07, 6.45) is 4.20. The summed E-state index contributed by atoms with van der Waals surface area (Å²) in [4.78, 5) is 9.22. The number of aromatic nitrogens is 3. The van der Waals surface area contributed by atoms with Gasteiger partial charge in [0, 0.05) is 18.5 Å². The van der Waals surface area contributed by atoms with Gasteiger partial charge in [0.2, 0.25) is 0 Å². The van der Waals surface area contributed by atoms with Crippen molar-refractivity contribution in [2.24, 2.45) is 11.3 Å². The highest BCUT2D eigenvalue weighted by atomic mass is 35.5. The van der Waals surface area contributed by atoms with Gasteiger partial charge in [0.1, 0.15) is 22.9 Å². The van der Waals surface area contributed by atoms with Gasteiger partial charge in [-0.2, -0.15) is 5.26 Å². The van der Waals surface area contributed by atoms with Crippen molar-refractivity contribution in [3.8, 4) is 6.07 Å². The average molecular weight is 402 g/mol. The minimum atomic E-state index is -0.707. The molecule has 5 rings (SSSR count). The quantitative estimate of drug-likeness (QED) is 0.785. The minimum absolute atomic E-state index is 0.0561. The van der Waals surface area contributed by atoms with E-state index in [4.69, 9.17) is 21.1 Å². The van der Waals surface area contributed by atoms with Crippen LogP contribution in [0.15, 0.2) is 12.4 Å². The molecule has 2 aromatic rings. The molecule has 0 unspecified atom stereocenters. The molecule has 148 valence electrons. The molecule has 1 aliphatic heterocycles. The molecule has 28 heavy (non-hydrogen) atoms. The smallest absolute Gasteiger partial charge is 0.164 e. The lowest BCUT2D eigenvalue weighted by Crippen LogP contribution is -2.35. The van der Waals surface area contributed by atoms with Gasteiger partial charge in [-0.3, -0.25) is 0 Å². The third kappa shape index (κ3) is 2.35. The van der Waals surface area contributed by atoms with Gasteiger partial charge < -0.3 is 19.4 Å². The topological polar surface area (TPSA) is 85.0 Å². The van der Waals surface area contributed by atoms with Gasteiger partial charge >= 0.3 is 0 Å². The summed E-state index contributed by atoms with van der Waals surface area (Å²) in [5, 5.41) is 13.9. The second-order valence-corrected chi connectivity index (χ2v) is 8.90. The molecule has 0 radical (unpaired) electrons. The van der Waals surface area contributed by atoms with Crippen LogP contribution in [0, 0.1) is 22.7 Å². The Hall–Kier alpha value is -1.88. The van der Waals surface area contributed by atoms with E-state index in [0.717, 1.165) is 42.7 Å². The Morgan fingerprint density at radius 2 is 2.25 bits per heavy atom. The maximum Gasteiger partial charge on any atom is 0.164 e. The number of nitriles is 1. The summed E-state index contributed by atoms with van der Waals surface area (Å²) in [5.41, 5.74) is 1.85. The molecule has 0 amide bonds. The van der Waals surface area contributed by atoms with Crippen molar-refractivity contribution in [3.63, 3.8) is 0 Å². The summed E-state index contributed by atoms with van der Waals surface area (Å²) in [6.45, 7) is 6.63. The van der Waals surface area contributed by atoms with E-state index in [0.29, 0.717) is 5.15 Å². The predicted molar refractivity (Wildman–Crippen MR) is 105 cm³/mol. The van der Waals surface area contributed by atoms with Crippen molar-refractivity contribution >= 4 is 28.5 Å². The van der Waals surface area contributed by atoms with Crippen LogP contribution in [-0.2, 0) is 9.47 Å². The Balaban J connectivity index is 1.68. The Kier molecular flexibility index (Phi) is 3.93. The van der Waals surface area contributed by atoms with Crippen LogP contribution in [0.25, 0.3) is 11.2 Å². The summed E-state index contributed by atoms with van der Waals surface area (Å²) in [5.74, 6) is -0.564. The Bertz CT molecular complexity index is 983. The fourth-order valence-corrected chi connectivity index (χ4v) is 5.82. The van der Waals surface area contributed by atoms with Crippen molar-refractivity contribution in [2.75, 3.05) is 11.9 Å². The summed E-state index contributed by atoms with van der Waals surface area (Å²) in [6, 6.07) is 4.38. The summed E-state index contributed by atoms with van der Waals surface area (Å²) >= 11 is 6.32. The average Bonchev–Trinajstić information content (AvgIpc) is 3.35. The van der Waals surface area contributed by atoms with Gasteiger partial charge in [0.15, 0.2) is 11.4 Å². The lowest BCUT2D eigenvalue weighted by Gasteiger charge is -2.31. The van der Waals surface area contributed by atoms with E-state index < -0.39 is 11.2 Å². The Labute approximate surface area is 169 Å². The number of hydrogen-bond donors (Lipinski definition) is 1. The maximum absolute atomic E-state index is 10.2. The molecule has 3 aliphatic rings. The fraction of sp³-hybridized carbons (Fsp3) is 0.650. The standard InChI is InChI=1S/C20H24ClN5O2/c1-4-23-12-8-13(21)25-18-14(12)24-10-26(18)15-11-6-5-7-20(11,9-22)17-16(15)27-19(2,3)28-17/h8,10-11,15-17H,4-7H2,1-3H3,(H,23,25)/t11-,15-,16+,17+,20+/m1/s1. The number of rotatable bonds is 3. The lowest BCUT2D eigenvalue weighted by atomic mass is 9.79. The molecule has 2 saturated carbocycles. The molecule has 0 spiro atoms. The van der Waals surface area contributed by atoms with Crippen LogP contribution in [-0.4, -0.2) is 39.1 Å². The number of fused-ring (bicyclic) bond motifs is 4.